The van der Waals surface area contributed by atoms with E-state index in [4.69, 9.17) is 15.8 Å². The van der Waals surface area contributed by atoms with E-state index in [0.717, 1.165) is 0 Å². The van der Waals surface area contributed by atoms with Gasteiger partial charge in [0, 0.05) is 4.47 Å². The molecule has 0 amide bonds. The molecule has 1 aromatic carbocycles. The lowest BCUT2D eigenvalue weighted by Crippen LogP contribution is -2.03. The summed E-state index contributed by atoms with van der Waals surface area (Å²) in [5.41, 5.74) is -0.714. The van der Waals surface area contributed by atoms with Gasteiger partial charge in [0.2, 0.25) is 0 Å². The number of halogens is 3. The smallest absolute Gasteiger partial charge is 0.163 e. The lowest BCUT2D eigenvalue weighted by Gasteiger charge is -2.08. The van der Waals surface area contributed by atoms with E-state index in [2.05, 4.69) is 37.2 Å². The van der Waals surface area contributed by atoms with Crippen LogP contribution >= 0.6 is 31.9 Å². The summed E-state index contributed by atoms with van der Waals surface area (Å²) in [6, 6.07) is 7.70. The first kappa shape index (κ1) is 14.2. The molecule has 0 unspecified atom stereocenters. The van der Waals surface area contributed by atoms with E-state index in [1.54, 1.807) is 24.3 Å². The topological polar surface area (TPSA) is 83.4 Å². The average Bonchev–Trinajstić information content (AvgIpc) is 2.38. The van der Waals surface area contributed by atoms with Gasteiger partial charge in [-0.15, -0.1) is 0 Å². The predicted octanol–water partition coefficient (Wildman–Crippen LogP) is 3.59. The Morgan fingerprint density at radius 3 is 2.22 bits per heavy atom. The highest BCUT2D eigenvalue weighted by Gasteiger charge is 2.13. The van der Waals surface area contributed by atoms with Crippen LogP contribution in [0.5, 0.6) is 0 Å². The third kappa shape index (κ3) is 2.87. The summed E-state index contributed by atoms with van der Waals surface area (Å²) >= 11 is 6.15. The van der Waals surface area contributed by atoms with Crippen LogP contribution in [0.2, 0.25) is 0 Å². The molecule has 0 aliphatic carbocycles. The van der Waals surface area contributed by atoms with Crippen molar-refractivity contribution >= 4 is 37.5 Å². The molecule has 1 rings (SSSR count). The molecule has 1 aromatic rings. The predicted molar refractivity (Wildman–Crippen MR) is 69.3 cm³/mol. The summed E-state index contributed by atoms with van der Waals surface area (Å²) in [4.78, 5) is 0. The molecule has 0 radical (unpaired) electrons. The first-order valence-corrected chi connectivity index (χ1v) is 5.98. The summed E-state index contributed by atoms with van der Waals surface area (Å²) in [6.45, 7) is 0. The maximum atomic E-state index is 13.8. The van der Waals surface area contributed by atoms with Crippen LogP contribution in [0.3, 0.4) is 0 Å². The average molecular weight is 370 g/mol. The monoisotopic (exact) mass is 368 g/mol. The van der Waals surface area contributed by atoms with Crippen molar-refractivity contribution in [3.05, 3.63) is 38.2 Å². The molecule has 7 heteroatoms. The first-order chi connectivity index (χ1) is 8.54. The number of hydrogen-bond donors (Lipinski definition) is 1. The standard InChI is InChI=1S/C11H3Br2FN4/c12-7-1-2-8(11(14)10(7)13)18-9(5-17)6(3-15)4-16/h1-2,18H. The second-order valence-corrected chi connectivity index (χ2v) is 4.58. The number of nitrogens with one attached hydrogen (secondary N) is 1. The second kappa shape index (κ2) is 6.16. The third-order valence-corrected chi connectivity index (χ3v) is 3.85. The third-order valence-electron chi connectivity index (χ3n) is 1.88. The van der Waals surface area contributed by atoms with E-state index in [0.29, 0.717) is 4.47 Å². The molecule has 0 saturated heterocycles. The van der Waals surface area contributed by atoms with Crippen LogP contribution in [0.1, 0.15) is 0 Å². The Labute approximate surface area is 119 Å². The highest BCUT2D eigenvalue weighted by atomic mass is 79.9. The molecule has 88 valence electrons. The summed E-state index contributed by atoms with van der Waals surface area (Å²) in [5, 5.41) is 28.5. The Morgan fingerprint density at radius 1 is 1.11 bits per heavy atom. The van der Waals surface area contributed by atoms with Crippen molar-refractivity contribution in [3.8, 4) is 18.2 Å². The van der Waals surface area contributed by atoms with Crippen molar-refractivity contribution < 1.29 is 4.39 Å². The quantitative estimate of drug-likeness (QED) is 0.637. The molecule has 0 spiro atoms. The number of nitrogens with zero attached hydrogens (tertiary/aromatic N) is 3. The van der Waals surface area contributed by atoms with Crippen LogP contribution in [0.25, 0.3) is 0 Å². The maximum absolute atomic E-state index is 13.8. The molecule has 0 heterocycles. The molecular formula is C11H3Br2FN4. The van der Waals surface area contributed by atoms with E-state index >= 15 is 0 Å². The zero-order valence-corrected chi connectivity index (χ0v) is 11.8. The normalized spacial score (nSPS) is 8.67. The fourth-order valence-electron chi connectivity index (χ4n) is 1.04. The molecule has 0 aliphatic rings. The number of hydrogen-bond acceptors (Lipinski definition) is 4. The zero-order valence-electron chi connectivity index (χ0n) is 8.63. The van der Waals surface area contributed by atoms with E-state index in [9.17, 15) is 4.39 Å². The molecule has 4 nitrogen and oxygen atoms in total. The lowest BCUT2D eigenvalue weighted by molar-refractivity contribution is 0.624. The Hall–Kier alpha value is -1.88. The molecule has 0 aliphatic heterocycles. The van der Waals surface area contributed by atoms with Crippen LogP contribution in [0.15, 0.2) is 32.3 Å². The van der Waals surface area contributed by atoms with Crippen LogP contribution in [0.4, 0.5) is 10.1 Å². The van der Waals surface area contributed by atoms with E-state index in [1.165, 1.54) is 6.07 Å². The van der Waals surface area contributed by atoms with Gasteiger partial charge in [0.15, 0.2) is 11.4 Å². The van der Waals surface area contributed by atoms with Gasteiger partial charge in [-0.2, -0.15) is 15.8 Å². The fourth-order valence-corrected chi connectivity index (χ4v) is 1.69. The van der Waals surface area contributed by atoms with E-state index in [-0.39, 0.29) is 15.9 Å². The molecule has 0 aromatic heterocycles. The number of allylic oxidation sites excluding steroid dienone is 2. The maximum Gasteiger partial charge on any atom is 0.163 e. The van der Waals surface area contributed by atoms with Gasteiger partial charge >= 0.3 is 0 Å². The van der Waals surface area contributed by atoms with E-state index in [1.807, 2.05) is 0 Å². The van der Waals surface area contributed by atoms with Gasteiger partial charge in [-0.05, 0) is 44.0 Å². The minimum Gasteiger partial charge on any atom is -0.343 e. The van der Waals surface area contributed by atoms with Crippen molar-refractivity contribution in [2.24, 2.45) is 0 Å². The minimum atomic E-state index is -0.632. The lowest BCUT2D eigenvalue weighted by atomic mass is 10.2. The molecule has 0 saturated carbocycles. The van der Waals surface area contributed by atoms with Crippen LogP contribution in [-0.2, 0) is 0 Å². The van der Waals surface area contributed by atoms with Crippen LogP contribution in [0, 0.1) is 39.8 Å². The summed E-state index contributed by atoms with van der Waals surface area (Å²) in [5.74, 6) is -0.632. The Bertz CT molecular complexity index is 631. The number of benzene rings is 1. The highest BCUT2D eigenvalue weighted by Crippen LogP contribution is 2.31. The fraction of sp³-hybridized carbons (Fsp3) is 0. The minimum absolute atomic E-state index is 0.00961. The van der Waals surface area contributed by atoms with Crippen molar-refractivity contribution in [2.45, 2.75) is 0 Å². The Balaban J connectivity index is 3.26. The van der Waals surface area contributed by atoms with E-state index < -0.39 is 11.4 Å². The molecular weight excluding hydrogens is 367 g/mol. The van der Waals surface area contributed by atoms with Crippen molar-refractivity contribution in [3.63, 3.8) is 0 Å². The van der Waals surface area contributed by atoms with Gasteiger partial charge in [0.1, 0.15) is 23.9 Å². The molecule has 0 fully saturated rings. The Kier molecular flexibility index (Phi) is 4.85. The van der Waals surface area contributed by atoms with Crippen molar-refractivity contribution in [1.29, 1.82) is 15.8 Å². The second-order valence-electron chi connectivity index (χ2n) is 2.93. The number of nitriles is 3. The SMILES string of the molecule is N#CC(C#N)=C(C#N)Nc1ccc(Br)c(Br)c1F. The number of rotatable bonds is 2. The zero-order chi connectivity index (χ0) is 13.7. The molecule has 1 N–H and O–H groups in total. The van der Waals surface area contributed by atoms with Gasteiger partial charge in [-0.1, -0.05) is 0 Å². The Morgan fingerprint density at radius 2 is 1.72 bits per heavy atom. The molecule has 0 bridgehead atoms. The summed E-state index contributed by atoms with van der Waals surface area (Å²) < 4.78 is 14.5. The number of anilines is 1. The van der Waals surface area contributed by atoms with Gasteiger partial charge in [0.05, 0.1) is 10.2 Å². The van der Waals surface area contributed by atoms with Gasteiger partial charge in [-0.25, -0.2) is 4.39 Å². The molecule has 0 atom stereocenters. The van der Waals surface area contributed by atoms with Gasteiger partial charge in [-0.3, -0.25) is 0 Å². The van der Waals surface area contributed by atoms with Crippen molar-refractivity contribution in [2.75, 3.05) is 5.32 Å². The molecule has 18 heavy (non-hydrogen) atoms. The van der Waals surface area contributed by atoms with Crippen molar-refractivity contribution in [1.82, 2.24) is 0 Å². The van der Waals surface area contributed by atoms with Gasteiger partial charge in [0.25, 0.3) is 0 Å². The summed E-state index contributed by atoms with van der Waals surface area (Å²) in [6.07, 6.45) is 0. The summed E-state index contributed by atoms with van der Waals surface area (Å²) in [7, 11) is 0. The van der Waals surface area contributed by atoms with Crippen LogP contribution in [-0.4, -0.2) is 0 Å². The van der Waals surface area contributed by atoms with Crippen LogP contribution < -0.4 is 5.32 Å². The first-order valence-electron chi connectivity index (χ1n) is 4.40. The largest absolute Gasteiger partial charge is 0.343 e. The van der Waals surface area contributed by atoms with Gasteiger partial charge < -0.3 is 5.32 Å². The highest BCUT2D eigenvalue weighted by molar-refractivity contribution is 9.13.